The number of methoxy groups -OCH3 is 2. The molecule has 0 atom stereocenters. The Morgan fingerprint density at radius 1 is 0.905 bits per heavy atom. The Hall–Kier alpha value is -2.16. The van der Waals surface area contributed by atoms with Crippen molar-refractivity contribution >= 4 is 5.69 Å². The molecule has 2 aromatic rings. The summed E-state index contributed by atoms with van der Waals surface area (Å²) in [6.07, 6.45) is 0. The van der Waals surface area contributed by atoms with Crippen molar-refractivity contribution in [2.75, 3.05) is 26.1 Å². The highest BCUT2D eigenvalue weighted by Crippen LogP contribution is 2.33. The van der Waals surface area contributed by atoms with E-state index in [1.54, 1.807) is 14.2 Å². The molecule has 112 valence electrons. The van der Waals surface area contributed by atoms with E-state index >= 15 is 0 Å². The molecule has 0 aliphatic rings. The quantitative estimate of drug-likeness (QED) is 0.867. The first-order valence-electron chi connectivity index (χ1n) is 7.08. The molecule has 0 amide bonds. The van der Waals surface area contributed by atoms with Crippen LogP contribution in [0.5, 0.6) is 11.5 Å². The fourth-order valence-electron chi connectivity index (χ4n) is 2.24. The number of nitrogens with one attached hydrogen (secondary N) is 1. The van der Waals surface area contributed by atoms with Gasteiger partial charge in [0.1, 0.15) is 0 Å². The molecule has 0 aliphatic carbocycles. The number of hydrogen-bond acceptors (Lipinski definition) is 3. The number of hydrogen-bond donors (Lipinski definition) is 1. The van der Waals surface area contributed by atoms with Crippen LogP contribution < -0.4 is 14.8 Å². The van der Waals surface area contributed by atoms with Crippen LogP contribution in [-0.4, -0.2) is 20.8 Å². The molecule has 21 heavy (non-hydrogen) atoms. The van der Waals surface area contributed by atoms with Gasteiger partial charge in [0.2, 0.25) is 0 Å². The minimum Gasteiger partial charge on any atom is -0.493 e. The lowest BCUT2D eigenvalue weighted by molar-refractivity contribution is 0.353. The van der Waals surface area contributed by atoms with Gasteiger partial charge in [-0.15, -0.1) is 0 Å². The minimum absolute atomic E-state index is 0.0185. The number of rotatable bonds is 6. The van der Waals surface area contributed by atoms with Crippen LogP contribution in [0, 0.1) is 0 Å². The summed E-state index contributed by atoms with van der Waals surface area (Å²) >= 11 is 0. The van der Waals surface area contributed by atoms with Gasteiger partial charge in [0, 0.05) is 17.6 Å². The van der Waals surface area contributed by atoms with E-state index in [2.05, 4.69) is 37.4 Å². The summed E-state index contributed by atoms with van der Waals surface area (Å²) in [6, 6.07) is 16.3. The van der Waals surface area contributed by atoms with Crippen LogP contribution in [-0.2, 0) is 5.41 Å². The van der Waals surface area contributed by atoms with Crippen LogP contribution in [0.25, 0.3) is 0 Å². The summed E-state index contributed by atoms with van der Waals surface area (Å²) in [7, 11) is 3.32. The predicted molar refractivity (Wildman–Crippen MR) is 87.5 cm³/mol. The lowest BCUT2D eigenvalue weighted by Gasteiger charge is -2.27. The first-order chi connectivity index (χ1) is 10.1. The minimum atomic E-state index is -0.0185. The summed E-state index contributed by atoms with van der Waals surface area (Å²) in [6.45, 7) is 5.26. The highest BCUT2D eigenvalue weighted by Gasteiger charge is 2.22. The van der Waals surface area contributed by atoms with Gasteiger partial charge in [-0.25, -0.2) is 0 Å². The molecule has 0 saturated heterocycles. The van der Waals surface area contributed by atoms with E-state index < -0.39 is 0 Å². The number of benzene rings is 2. The Bertz CT molecular complexity index is 579. The second-order valence-corrected chi connectivity index (χ2v) is 5.67. The van der Waals surface area contributed by atoms with Crippen molar-refractivity contribution in [1.82, 2.24) is 0 Å². The van der Waals surface area contributed by atoms with Crippen LogP contribution in [0.4, 0.5) is 5.69 Å². The van der Waals surface area contributed by atoms with Gasteiger partial charge in [0.15, 0.2) is 11.5 Å². The third-order valence-electron chi connectivity index (χ3n) is 3.67. The van der Waals surface area contributed by atoms with Crippen molar-refractivity contribution in [3.05, 3.63) is 54.1 Å². The zero-order valence-corrected chi connectivity index (χ0v) is 13.1. The number of anilines is 1. The third kappa shape index (κ3) is 3.69. The van der Waals surface area contributed by atoms with Crippen LogP contribution in [0.2, 0.25) is 0 Å². The molecule has 2 aromatic carbocycles. The van der Waals surface area contributed by atoms with E-state index in [1.165, 1.54) is 5.56 Å². The monoisotopic (exact) mass is 285 g/mol. The maximum atomic E-state index is 5.39. The highest BCUT2D eigenvalue weighted by molar-refractivity contribution is 5.47. The van der Waals surface area contributed by atoms with E-state index in [0.29, 0.717) is 0 Å². The van der Waals surface area contributed by atoms with Crippen LogP contribution in [0.3, 0.4) is 0 Å². The topological polar surface area (TPSA) is 30.5 Å². The van der Waals surface area contributed by atoms with Crippen molar-refractivity contribution in [2.45, 2.75) is 19.3 Å². The fraction of sp³-hybridized carbons (Fsp3) is 0.333. The molecule has 0 saturated carbocycles. The molecule has 0 spiro atoms. The van der Waals surface area contributed by atoms with Crippen molar-refractivity contribution in [2.24, 2.45) is 0 Å². The largest absolute Gasteiger partial charge is 0.493 e. The average molecular weight is 285 g/mol. The maximum absolute atomic E-state index is 5.39. The average Bonchev–Trinajstić information content (AvgIpc) is 2.53. The van der Waals surface area contributed by atoms with Gasteiger partial charge in [-0.1, -0.05) is 38.1 Å². The Morgan fingerprint density at radius 2 is 1.57 bits per heavy atom. The van der Waals surface area contributed by atoms with E-state index in [4.69, 9.17) is 9.47 Å². The van der Waals surface area contributed by atoms with Crippen molar-refractivity contribution < 1.29 is 9.47 Å². The van der Waals surface area contributed by atoms with Crippen LogP contribution >= 0.6 is 0 Å². The standard InChI is InChI=1S/C18H23NO2/c1-18(2,13-19-15-8-6-5-7-9-15)14-10-11-16(20-3)17(12-14)21-4/h5-12,19H,13H2,1-4H3. The van der Waals surface area contributed by atoms with E-state index in [9.17, 15) is 0 Å². The number of ether oxygens (including phenoxy) is 2. The molecule has 0 bridgehead atoms. The molecule has 0 heterocycles. The lowest BCUT2D eigenvalue weighted by Crippen LogP contribution is -2.27. The predicted octanol–water partition coefficient (Wildman–Crippen LogP) is 4.09. The first kappa shape index (κ1) is 15.2. The van der Waals surface area contributed by atoms with Gasteiger partial charge >= 0.3 is 0 Å². The molecular weight excluding hydrogens is 262 g/mol. The third-order valence-corrected chi connectivity index (χ3v) is 3.67. The zero-order chi connectivity index (χ0) is 15.3. The van der Waals surface area contributed by atoms with E-state index in [-0.39, 0.29) is 5.41 Å². The molecule has 3 heteroatoms. The lowest BCUT2D eigenvalue weighted by atomic mass is 9.84. The van der Waals surface area contributed by atoms with E-state index in [0.717, 1.165) is 23.7 Å². The molecule has 1 N–H and O–H groups in total. The molecule has 0 aliphatic heterocycles. The fourth-order valence-corrected chi connectivity index (χ4v) is 2.24. The Morgan fingerprint density at radius 3 is 2.19 bits per heavy atom. The molecule has 0 radical (unpaired) electrons. The van der Waals surface area contributed by atoms with Gasteiger partial charge in [0.25, 0.3) is 0 Å². The van der Waals surface area contributed by atoms with Gasteiger partial charge in [-0.3, -0.25) is 0 Å². The number of para-hydroxylation sites is 1. The van der Waals surface area contributed by atoms with Crippen molar-refractivity contribution in [3.63, 3.8) is 0 Å². The van der Waals surface area contributed by atoms with Gasteiger partial charge in [-0.05, 0) is 29.8 Å². The first-order valence-corrected chi connectivity index (χ1v) is 7.08. The highest BCUT2D eigenvalue weighted by atomic mass is 16.5. The smallest absolute Gasteiger partial charge is 0.161 e. The van der Waals surface area contributed by atoms with E-state index in [1.807, 2.05) is 30.3 Å². The molecule has 0 unspecified atom stereocenters. The second kappa shape index (κ2) is 6.53. The van der Waals surface area contributed by atoms with Crippen LogP contribution in [0.15, 0.2) is 48.5 Å². The molecule has 2 rings (SSSR count). The molecular formula is C18H23NO2. The second-order valence-electron chi connectivity index (χ2n) is 5.67. The zero-order valence-electron chi connectivity index (χ0n) is 13.1. The van der Waals surface area contributed by atoms with Crippen molar-refractivity contribution in [3.8, 4) is 11.5 Å². The van der Waals surface area contributed by atoms with Gasteiger partial charge in [-0.2, -0.15) is 0 Å². The van der Waals surface area contributed by atoms with Crippen molar-refractivity contribution in [1.29, 1.82) is 0 Å². The molecule has 0 aromatic heterocycles. The van der Waals surface area contributed by atoms with Gasteiger partial charge in [0.05, 0.1) is 14.2 Å². The summed E-state index contributed by atoms with van der Waals surface area (Å²) in [5, 5.41) is 3.48. The summed E-state index contributed by atoms with van der Waals surface area (Å²) in [4.78, 5) is 0. The molecule has 3 nitrogen and oxygen atoms in total. The Kier molecular flexibility index (Phi) is 4.73. The SMILES string of the molecule is COc1ccc(C(C)(C)CNc2ccccc2)cc1OC. The normalized spacial score (nSPS) is 11.0. The Labute approximate surface area is 126 Å². The molecule has 0 fully saturated rings. The van der Waals surface area contributed by atoms with Gasteiger partial charge < -0.3 is 14.8 Å². The van der Waals surface area contributed by atoms with Crippen LogP contribution in [0.1, 0.15) is 19.4 Å². The summed E-state index contributed by atoms with van der Waals surface area (Å²) < 4.78 is 10.7. The Balaban J connectivity index is 2.15. The summed E-state index contributed by atoms with van der Waals surface area (Å²) in [5.74, 6) is 1.52. The summed E-state index contributed by atoms with van der Waals surface area (Å²) in [5.41, 5.74) is 2.32. The maximum Gasteiger partial charge on any atom is 0.161 e.